The molecule has 116 valence electrons. The average molecular weight is 289 g/mol. The van der Waals surface area contributed by atoms with E-state index in [-0.39, 0.29) is 0 Å². The van der Waals surface area contributed by atoms with Gasteiger partial charge in [0.1, 0.15) is 12.1 Å². The summed E-state index contributed by atoms with van der Waals surface area (Å²) in [7, 11) is 0. The van der Waals surface area contributed by atoms with Crippen LogP contribution in [0.15, 0.2) is 6.33 Å². The largest absolute Gasteiger partial charge is 0.376 e. The van der Waals surface area contributed by atoms with Gasteiger partial charge in [-0.15, -0.1) is 0 Å². The lowest BCUT2D eigenvalue weighted by molar-refractivity contribution is 0.0347. The van der Waals surface area contributed by atoms with E-state index in [1.54, 1.807) is 6.33 Å². The van der Waals surface area contributed by atoms with Crippen LogP contribution in [0.25, 0.3) is 0 Å². The summed E-state index contributed by atoms with van der Waals surface area (Å²) in [6, 6.07) is 0. The van der Waals surface area contributed by atoms with Gasteiger partial charge in [0, 0.05) is 17.8 Å². The zero-order chi connectivity index (χ0) is 14.3. The van der Waals surface area contributed by atoms with E-state index in [1.807, 2.05) is 0 Å². The molecule has 0 aromatic carbocycles. The lowest BCUT2D eigenvalue weighted by Gasteiger charge is -2.22. The van der Waals surface area contributed by atoms with Gasteiger partial charge in [0.2, 0.25) is 0 Å². The Kier molecular flexibility index (Phi) is 5.44. The molecule has 0 saturated heterocycles. The molecule has 0 atom stereocenters. The Bertz CT molecular complexity index is 444. The van der Waals surface area contributed by atoms with Gasteiger partial charge >= 0.3 is 0 Å². The minimum Gasteiger partial charge on any atom is -0.376 e. The van der Waals surface area contributed by atoms with Crippen molar-refractivity contribution in [2.45, 2.75) is 70.3 Å². The fourth-order valence-electron chi connectivity index (χ4n) is 3.48. The zero-order valence-corrected chi connectivity index (χ0v) is 12.9. The summed E-state index contributed by atoms with van der Waals surface area (Å²) in [5.41, 5.74) is 2.59. The molecular formula is C17H27N3O. The quantitative estimate of drug-likeness (QED) is 0.665. The summed E-state index contributed by atoms with van der Waals surface area (Å²) in [5.74, 6) is 1.04. The number of hydrogen-bond acceptors (Lipinski definition) is 4. The van der Waals surface area contributed by atoms with E-state index >= 15 is 0 Å². The molecular weight excluding hydrogens is 262 g/mol. The minimum absolute atomic E-state index is 0.489. The molecule has 3 rings (SSSR count). The second kappa shape index (κ2) is 7.74. The third kappa shape index (κ3) is 4.16. The van der Waals surface area contributed by atoms with Crippen LogP contribution in [-0.2, 0) is 17.6 Å². The first-order chi connectivity index (χ1) is 10.4. The second-order valence-electron chi connectivity index (χ2n) is 6.27. The summed E-state index contributed by atoms with van der Waals surface area (Å²) in [5, 5.41) is 3.46. The fraction of sp³-hybridized carbons (Fsp3) is 0.765. The van der Waals surface area contributed by atoms with E-state index < -0.39 is 0 Å². The lowest BCUT2D eigenvalue weighted by Crippen LogP contribution is -2.21. The van der Waals surface area contributed by atoms with Gasteiger partial charge in [-0.05, 0) is 38.5 Å². The van der Waals surface area contributed by atoms with Crippen LogP contribution in [0.5, 0.6) is 0 Å². The van der Waals surface area contributed by atoms with Gasteiger partial charge in [-0.1, -0.05) is 25.7 Å². The Hall–Kier alpha value is -1.16. The Morgan fingerprint density at radius 2 is 1.81 bits per heavy atom. The van der Waals surface area contributed by atoms with Crippen molar-refractivity contribution >= 4 is 5.82 Å². The van der Waals surface area contributed by atoms with Crippen molar-refractivity contribution < 1.29 is 4.74 Å². The Morgan fingerprint density at radius 3 is 2.71 bits per heavy atom. The molecule has 0 amide bonds. The van der Waals surface area contributed by atoms with Crippen LogP contribution < -0.4 is 5.32 Å². The van der Waals surface area contributed by atoms with Crippen LogP contribution >= 0.6 is 0 Å². The van der Waals surface area contributed by atoms with Crippen LogP contribution in [0.1, 0.15) is 62.6 Å². The summed E-state index contributed by atoms with van der Waals surface area (Å²) >= 11 is 0. The van der Waals surface area contributed by atoms with Crippen molar-refractivity contribution in [3.8, 4) is 0 Å². The van der Waals surface area contributed by atoms with Crippen molar-refractivity contribution in [3.63, 3.8) is 0 Å². The van der Waals surface area contributed by atoms with Gasteiger partial charge in [0.15, 0.2) is 0 Å². The monoisotopic (exact) mass is 289 g/mol. The van der Waals surface area contributed by atoms with E-state index in [9.17, 15) is 0 Å². The summed E-state index contributed by atoms with van der Waals surface area (Å²) in [4.78, 5) is 8.90. The molecule has 1 aromatic heterocycles. The van der Waals surface area contributed by atoms with Gasteiger partial charge < -0.3 is 10.1 Å². The minimum atomic E-state index is 0.489. The standard InChI is InChI=1S/C17H27N3O/c1-3-7-14(8-4-1)21-12-11-18-17-15-9-5-2-6-10-16(15)19-13-20-17/h13-14H,1-12H2,(H,18,19,20). The smallest absolute Gasteiger partial charge is 0.132 e. The molecule has 21 heavy (non-hydrogen) atoms. The zero-order valence-electron chi connectivity index (χ0n) is 12.9. The Balaban J connectivity index is 1.48. The third-order valence-electron chi connectivity index (χ3n) is 4.68. The van der Waals surface area contributed by atoms with Crippen LogP contribution in [-0.4, -0.2) is 29.2 Å². The van der Waals surface area contributed by atoms with Crippen LogP contribution in [0.3, 0.4) is 0 Å². The van der Waals surface area contributed by atoms with E-state index in [2.05, 4.69) is 15.3 Å². The first-order valence-corrected chi connectivity index (χ1v) is 8.62. The number of aryl methyl sites for hydroxylation is 1. The third-order valence-corrected chi connectivity index (χ3v) is 4.68. The highest BCUT2D eigenvalue weighted by molar-refractivity contribution is 5.46. The van der Waals surface area contributed by atoms with Gasteiger partial charge in [-0.2, -0.15) is 0 Å². The first-order valence-electron chi connectivity index (χ1n) is 8.62. The maximum Gasteiger partial charge on any atom is 0.132 e. The summed E-state index contributed by atoms with van der Waals surface area (Å²) in [6.45, 7) is 1.63. The van der Waals surface area contributed by atoms with Gasteiger partial charge in [-0.3, -0.25) is 0 Å². The molecule has 0 aliphatic heterocycles. The molecule has 0 spiro atoms. The van der Waals surface area contributed by atoms with Crippen LogP contribution in [0.4, 0.5) is 5.82 Å². The molecule has 4 heteroatoms. The maximum atomic E-state index is 5.97. The summed E-state index contributed by atoms with van der Waals surface area (Å²) in [6.07, 6.45) is 14.7. The van der Waals surface area contributed by atoms with Crippen LogP contribution in [0.2, 0.25) is 0 Å². The van der Waals surface area contributed by atoms with Crippen molar-refractivity contribution in [3.05, 3.63) is 17.6 Å². The molecule has 0 radical (unpaired) electrons. The molecule has 1 N–H and O–H groups in total. The number of rotatable bonds is 5. The molecule has 0 unspecified atom stereocenters. The van der Waals surface area contributed by atoms with Crippen LogP contribution in [0, 0.1) is 0 Å². The fourth-order valence-corrected chi connectivity index (χ4v) is 3.48. The van der Waals surface area contributed by atoms with Gasteiger partial charge in [0.05, 0.1) is 12.7 Å². The average Bonchev–Trinajstić information content (AvgIpc) is 2.78. The molecule has 1 heterocycles. The molecule has 1 aromatic rings. The molecule has 1 saturated carbocycles. The highest BCUT2D eigenvalue weighted by Crippen LogP contribution is 2.24. The van der Waals surface area contributed by atoms with Crippen molar-refractivity contribution in [2.75, 3.05) is 18.5 Å². The SMILES string of the molecule is c1nc2c(c(NCCOC3CCCCC3)n1)CCCCC2. The Morgan fingerprint density at radius 1 is 1.00 bits per heavy atom. The Labute approximate surface area is 127 Å². The number of hydrogen-bond donors (Lipinski definition) is 1. The molecule has 4 nitrogen and oxygen atoms in total. The summed E-state index contributed by atoms with van der Waals surface area (Å²) < 4.78 is 5.97. The van der Waals surface area contributed by atoms with Crippen molar-refractivity contribution in [2.24, 2.45) is 0 Å². The number of ether oxygens (including phenoxy) is 1. The van der Waals surface area contributed by atoms with E-state index in [1.165, 1.54) is 62.6 Å². The predicted molar refractivity (Wildman–Crippen MR) is 84.6 cm³/mol. The van der Waals surface area contributed by atoms with Gasteiger partial charge in [-0.25, -0.2) is 9.97 Å². The normalized spacial score (nSPS) is 19.8. The number of aromatic nitrogens is 2. The molecule has 1 fully saturated rings. The number of fused-ring (bicyclic) bond motifs is 1. The van der Waals surface area contributed by atoms with E-state index in [4.69, 9.17) is 4.74 Å². The lowest BCUT2D eigenvalue weighted by atomic mass is 9.98. The topological polar surface area (TPSA) is 47.0 Å². The molecule has 0 bridgehead atoms. The van der Waals surface area contributed by atoms with Crippen molar-refractivity contribution in [1.29, 1.82) is 0 Å². The highest BCUT2D eigenvalue weighted by atomic mass is 16.5. The van der Waals surface area contributed by atoms with Gasteiger partial charge in [0.25, 0.3) is 0 Å². The van der Waals surface area contributed by atoms with E-state index in [0.29, 0.717) is 6.10 Å². The number of anilines is 1. The number of nitrogens with zero attached hydrogens (tertiary/aromatic N) is 2. The number of nitrogens with one attached hydrogen (secondary N) is 1. The predicted octanol–water partition coefficient (Wildman–Crippen LogP) is 3.51. The maximum absolute atomic E-state index is 5.97. The molecule has 2 aliphatic rings. The van der Waals surface area contributed by atoms with E-state index in [0.717, 1.165) is 31.8 Å². The first kappa shape index (κ1) is 14.8. The molecule has 2 aliphatic carbocycles. The highest BCUT2D eigenvalue weighted by Gasteiger charge is 2.15. The second-order valence-corrected chi connectivity index (χ2v) is 6.27. The van der Waals surface area contributed by atoms with Crippen molar-refractivity contribution in [1.82, 2.24) is 9.97 Å².